The highest BCUT2D eigenvalue weighted by Gasteiger charge is 2.16. The third-order valence-electron chi connectivity index (χ3n) is 3.88. The molecule has 1 atom stereocenters. The highest BCUT2D eigenvalue weighted by molar-refractivity contribution is 5.95. The summed E-state index contributed by atoms with van der Waals surface area (Å²) in [6, 6.07) is 13.0. The molecule has 126 valence electrons. The van der Waals surface area contributed by atoms with E-state index in [2.05, 4.69) is 20.3 Å². The fraction of sp³-hybridized carbons (Fsp3) is 0.158. The van der Waals surface area contributed by atoms with Gasteiger partial charge in [0.1, 0.15) is 17.9 Å². The molecule has 0 bridgehead atoms. The molecular formula is C19H18N4O2. The molecule has 0 saturated heterocycles. The number of carbonyl (C=O) groups is 1. The van der Waals surface area contributed by atoms with Crippen LogP contribution in [0.1, 0.15) is 18.4 Å². The molecule has 1 aromatic carbocycles. The summed E-state index contributed by atoms with van der Waals surface area (Å²) in [6.45, 7) is 1.84. The SMILES string of the molecule is COc1cccc(-c2cc(NC(=O)C(C)c3ccncc3)ncn2)c1. The van der Waals surface area contributed by atoms with Crippen molar-refractivity contribution in [3.05, 3.63) is 66.7 Å². The van der Waals surface area contributed by atoms with Crippen molar-refractivity contribution in [1.29, 1.82) is 0 Å². The number of benzene rings is 1. The van der Waals surface area contributed by atoms with E-state index in [1.807, 2.05) is 43.3 Å². The van der Waals surface area contributed by atoms with Crippen molar-refractivity contribution >= 4 is 11.7 Å². The lowest BCUT2D eigenvalue weighted by atomic mass is 10.0. The first kappa shape index (κ1) is 16.6. The predicted octanol–water partition coefficient (Wildman–Crippen LogP) is 3.29. The van der Waals surface area contributed by atoms with Gasteiger partial charge in [-0.1, -0.05) is 12.1 Å². The highest BCUT2D eigenvalue weighted by Crippen LogP contribution is 2.24. The van der Waals surface area contributed by atoms with E-state index in [1.165, 1.54) is 6.33 Å². The maximum absolute atomic E-state index is 12.4. The third-order valence-corrected chi connectivity index (χ3v) is 3.88. The number of carbonyl (C=O) groups excluding carboxylic acids is 1. The second-order valence-corrected chi connectivity index (χ2v) is 5.51. The summed E-state index contributed by atoms with van der Waals surface area (Å²) in [5.74, 6) is 0.756. The zero-order valence-electron chi connectivity index (χ0n) is 14.0. The molecule has 1 unspecified atom stereocenters. The molecular weight excluding hydrogens is 316 g/mol. The highest BCUT2D eigenvalue weighted by atomic mass is 16.5. The average molecular weight is 334 g/mol. The van der Waals surface area contributed by atoms with Crippen molar-refractivity contribution in [2.24, 2.45) is 0 Å². The molecule has 3 aromatic rings. The van der Waals surface area contributed by atoms with Gasteiger partial charge in [0, 0.05) is 24.0 Å². The van der Waals surface area contributed by atoms with Gasteiger partial charge in [0.15, 0.2) is 0 Å². The van der Waals surface area contributed by atoms with Gasteiger partial charge in [-0.3, -0.25) is 9.78 Å². The smallest absolute Gasteiger partial charge is 0.232 e. The standard InChI is InChI=1S/C19H18N4O2/c1-13(14-6-8-20-9-7-14)19(24)23-18-11-17(21-12-22-18)15-4-3-5-16(10-15)25-2/h3-13H,1-2H3,(H,21,22,23,24). The summed E-state index contributed by atoms with van der Waals surface area (Å²) < 4.78 is 5.23. The molecule has 0 fully saturated rings. The lowest BCUT2D eigenvalue weighted by molar-refractivity contribution is -0.117. The Kier molecular flexibility index (Phi) is 4.99. The van der Waals surface area contributed by atoms with Crippen LogP contribution in [0.25, 0.3) is 11.3 Å². The Morgan fingerprint density at radius 1 is 1.12 bits per heavy atom. The van der Waals surface area contributed by atoms with Crippen molar-refractivity contribution < 1.29 is 9.53 Å². The maximum Gasteiger partial charge on any atom is 0.232 e. The average Bonchev–Trinajstić information content (AvgIpc) is 2.68. The van der Waals surface area contributed by atoms with Crippen LogP contribution in [0.4, 0.5) is 5.82 Å². The van der Waals surface area contributed by atoms with Gasteiger partial charge in [-0.05, 0) is 36.8 Å². The van der Waals surface area contributed by atoms with Crippen molar-refractivity contribution in [2.45, 2.75) is 12.8 Å². The lowest BCUT2D eigenvalue weighted by Gasteiger charge is -2.12. The number of hydrogen-bond donors (Lipinski definition) is 1. The van der Waals surface area contributed by atoms with E-state index in [-0.39, 0.29) is 11.8 Å². The Hall–Kier alpha value is -3.28. The number of aromatic nitrogens is 3. The second-order valence-electron chi connectivity index (χ2n) is 5.51. The molecule has 2 aromatic heterocycles. The Bertz CT molecular complexity index is 868. The minimum atomic E-state index is -0.307. The first-order chi connectivity index (χ1) is 12.2. The van der Waals surface area contributed by atoms with Crippen LogP contribution in [-0.4, -0.2) is 28.0 Å². The number of nitrogens with one attached hydrogen (secondary N) is 1. The minimum absolute atomic E-state index is 0.138. The number of ether oxygens (including phenoxy) is 1. The third kappa shape index (κ3) is 3.98. The predicted molar refractivity (Wildman–Crippen MR) is 95.3 cm³/mol. The van der Waals surface area contributed by atoms with Crippen molar-refractivity contribution in [3.63, 3.8) is 0 Å². The van der Waals surface area contributed by atoms with Crippen molar-refractivity contribution in [2.75, 3.05) is 12.4 Å². The number of methoxy groups -OCH3 is 1. The first-order valence-corrected chi connectivity index (χ1v) is 7.84. The van der Waals surface area contributed by atoms with Gasteiger partial charge in [-0.15, -0.1) is 0 Å². The molecule has 2 heterocycles. The van der Waals surface area contributed by atoms with Gasteiger partial charge in [-0.2, -0.15) is 0 Å². The van der Waals surface area contributed by atoms with E-state index >= 15 is 0 Å². The number of amides is 1. The topological polar surface area (TPSA) is 77.0 Å². The molecule has 0 spiro atoms. The van der Waals surface area contributed by atoms with Crippen molar-refractivity contribution in [3.8, 4) is 17.0 Å². The Labute approximate surface area is 145 Å². The number of nitrogens with zero attached hydrogens (tertiary/aromatic N) is 3. The van der Waals surface area contributed by atoms with Crippen molar-refractivity contribution in [1.82, 2.24) is 15.0 Å². The van der Waals surface area contributed by atoms with Crippen LogP contribution in [0, 0.1) is 0 Å². The van der Waals surface area contributed by atoms with Crippen LogP contribution in [-0.2, 0) is 4.79 Å². The summed E-state index contributed by atoms with van der Waals surface area (Å²) in [7, 11) is 1.62. The van der Waals surface area contributed by atoms with Crippen LogP contribution >= 0.6 is 0 Å². The number of hydrogen-bond acceptors (Lipinski definition) is 5. The maximum atomic E-state index is 12.4. The van der Waals surface area contributed by atoms with Gasteiger partial charge >= 0.3 is 0 Å². The zero-order valence-corrected chi connectivity index (χ0v) is 14.0. The lowest BCUT2D eigenvalue weighted by Crippen LogP contribution is -2.19. The minimum Gasteiger partial charge on any atom is -0.497 e. The quantitative estimate of drug-likeness (QED) is 0.775. The molecule has 6 nitrogen and oxygen atoms in total. The zero-order chi connectivity index (χ0) is 17.6. The molecule has 0 aliphatic heterocycles. The van der Waals surface area contributed by atoms with E-state index in [4.69, 9.17) is 4.74 Å². The van der Waals surface area contributed by atoms with Crippen LogP contribution in [0.5, 0.6) is 5.75 Å². The molecule has 6 heteroatoms. The van der Waals surface area contributed by atoms with E-state index < -0.39 is 0 Å². The van der Waals surface area contributed by atoms with Crippen LogP contribution in [0.15, 0.2) is 61.2 Å². The molecule has 3 rings (SSSR count). The monoisotopic (exact) mass is 334 g/mol. The molecule has 0 aliphatic rings. The summed E-state index contributed by atoms with van der Waals surface area (Å²) in [5, 5.41) is 2.84. The molecule has 0 aliphatic carbocycles. The summed E-state index contributed by atoms with van der Waals surface area (Å²) >= 11 is 0. The second kappa shape index (κ2) is 7.53. The fourth-order valence-corrected chi connectivity index (χ4v) is 2.40. The van der Waals surface area contributed by atoms with E-state index in [9.17, 15) is 4.79 Å². The molecule has 0 saturated carbocycles. The Morgan fingerprint density at radius 2 is 1.92 bits per heavy atom. The molecule has 1 N–H and O–H groups in total. The molecule has 1 amide bonds. The van der Waals surface area contributed by atoms with Gasteiger partial charge in [0.05, 0.1) is 18.7 Å². The Balaban J connectivity index is 1.78. The van der Waals surface area contributed by atoms with Gasteiger partial charge in [-0.25, -0.2) is 9.97 Å². The number of rotatable bonds is 5. The Morgan fingerprint density at radius 3 is 2.68 bits per heavy atom. The fourth-order valence-electron chi connectivity index (χ4n) is 2.40. The van der Waals surface area contributed by atoms with E-state index in [0.717, 1.165) is 16.9 Å². The first-order valence-electron chi connectivity index (χ1n) is 7.84. The van der Waals surface area contributed by atoms with E-state index in [0.29, 0.717) is 11.5 Å². The number of anilines is 1. The largest absolute Gasteiger partial charge is 0.497 e. The summed E-state index contributed by atoms with van der Waals surface area (Å²) in [4.78, 5) is 24.8. The normalized spacial score (nSPS) is 11.6. The van der Waals surface area contributed by atoms with Crippen LogP contribution < -0.4 is 10.1 Å². The summed E-state index contributed by atoms with van der Waals surface area (Å²) in [6.07, 6.45) is 4.77. The van der Waals surface area contributed by atoms with Gasteiger partial charge in [0.25, 0.3) is 0 Å². The molecule has 25 heavy (non-hydrogen) atoms. The van der Waals surface area contributed by atoms with E-state index in [1.54, 1.807) is 25.6 Å². The molecule has 0 radical (unpaired) electrons. The summed E-state index contributed by atoms with van der Waals surface area (Å²) in [5.41, 5.74) is 2.50. The number of pyridine rings is 1. The van der Waals surface area contributed by atoms with Crippen LogP contribution in [0.2, 0.25) is 0 Å². The van der Waals surface area contributed by atoms with Gasteiger partial charge < -0.3 is 10.1 Å². The van der Waals surface area contributed by atoms with Crippen LogP contribution in [0.3, 0.4) is 0 Å². The van der Waals surface area contributed by atoms with Gasteiger partial charge in [0.2, 0.25) is 5.91 Å².